The Hall–Kier alpha value is -2.56. The summed E-state index contributed by atoms with van der Waals surface area (Å²) in [5, 5.41) is 0. The molecule has 0 aliphatic carbocycles. The molecule has 0 atom stereocenters. The van der Waals surface area contributed by atoms with E-state index in [9.17, 15) is 4.91 Å². The molecule has 98 valence electrons. The molecule has 2 N–H and O–H groups in total. The Morgan fingerprint density at radius 2 is 1.89 bits per heavy atom. The molecule has 0 unspecified atom stereocenters. The molecule has 0 fully saturated rings. The second-order valence-corrected chi connectivity index (χ2v) is 3.92. The monoisotopic (exact) mass is 259 g/mol. The van der Waals surface area contributed by atoms with Gasteiger partial charge in [0.15, 0.2) is 4.87 Å². The third-order valence-electron chi connectivity index (χ3n) is 2.66. The summed E-state index contributed by atoms with van der Waals surface area (Å²) in [6.45, 7) is 0.300. The first-order valence-electron chi connectivity index (χ1n) is 5.77. The van der Waals surface area contributed by atoms with Crippen molar-refractivity contribution >= 4 is 5.69 Å². The summed E-state index contributed by atoms with van der Waals surface area (Å²) in [7, 11) is 1.57. The number of nitrogens with zero attached hydrogens (tertiary/aromatic N) is 1. The van der Waals surface area contributed by atoms with Crippen LogP contribution < -0.4 is 15.3 Å². The Balaban J connectivity index is 2.18. The largest absolute Gasteiger partial charge is 0.496 e. The van der Waals surface area contributed by atoms with Crippen LogP contribution in [0.2, 0.25) is 0 Å². The molecule has 2 aromatic rings. The fourth-order valence-electron chi connectivity index (χ4n) is 1.69. The number of ether oxygens (including phenoxy) is 2. The van der Waals surface area contributed by atoms with Crippen molar-refractivity contribution in [1.82, 2.24) is 0 Å². The molecule has 2 rings (SSSR count). The first kappa shape index (κ1) is 12.9. The highest BCUT2D eigenvalue weighted by atomic mass is 16.5. The smallest absolute Gasteiger partial charge is 0.292 e. The predicted octanol–water partition coefficient (Wildman–Crippen LogP) is 2.56. The molecule has 0 aliphatic heterocycles. The first-order chi connectivity index (χ1) is 9.20. The van der Waals surface area contributed by atoms with Gasteiger partial charge in [-0.1, -0.05) is 18.2 Å². The van der Waals surface area contributed by atoms with Gasteiger partial charge in [0.05, 0.1) is 12.0 Å². The number of para-hydroxylation sites is 1. The number of hydrazine groups is 1. The van der Waals surface area contributed by atoms with Crippen molar-refractivity contribution in [2.24, 2.45) is 5.84 Å². The van der Waals surface area contributed by atoms with Crippen LogP contribution >= 0.6 is 0 Å². The molecule has 0 bridgehead atoms. The minimum absolute atomic E-state index is 0.300. The van der Waals surface area contributed by atoms with Crippen LogP contribution in [0.4, 0.5) is 5.69 Å². The van der Waals surface area contributed by atoms with Gasteiger partial charge >= 0.3 is 0 Å². The molecule has 5 nitrogen and oxygen atoms in total. The maximum atomic E-state index is 11.1. The van der Waals surface area contributed by atoms with Gasteiger partial charge in [-0.3, -0.25) is 0 Å². The van der Waals surface area contributed by atoms with Gasteiger partial charge < -0.3 is 9.47 Å². The Bertz CT molecular complexity index is 570. The van der Waals surface area contributed by atoms with Gasteiger partial charge in [-0.25, -0.2) is 0 Å². The molecule has 0 spiro atoms. The number of nitrogens with two attached hydrogens (primary N) is 1. The molecule has 5 heteroatoms. The average molecular weight is 259 g/mol. The summed E-state index contributed by atoms with van der Waals surface area (Å²) in [6, 6.07) is 14.4. The number of hydrogen-bond acceptors (Lipinski definition) is 3. The summed E-state index contributed by atoms with van der Waals surface area (Å²) in [5.74, 6) is 6.58. The molecule has 19 heavy (non-hydrogen) atoms. The van der Waals surface area contributed by atoms with Gasteiger partial charge in [0.1, 0.15) is 18.1 Å². The van der Waals surface area contributed by atoms with E-state index in [-0.39, 0.29) is 0 Å². The van der Waals surface area contributed by atoms with Crippen molar-refractivity contribution in [3.05, 3.63) is 59.0 Å². The molecular weight excluding hydrogens is 244 g/mol. The van der Waals surface area contributed by atoms with Crippen LogP contribution in [0.15, 0.2) is 48.5 Å². The molecule has 0 radical (unpaired) electrons. The second kappa shape index (κ2) is 5.86. The highest BCUT2D eigenvalue weighted by Gasteiger charge is 2.13. The summed E-state index contributed by atoms with van der Waals surface area (Å²) >= 11 is 0. The second-order valence-electron chi connectivity index (χ2n) is 3.92. The summed E-state index contributed by atoms with van der Waals surface area (Å²) in [5.41, 5.74) is 1.11. The summed E-state index contributed by atoms with van der Waals surface area (Å²) in [4.78, 5) is 11.4. The van der Waals surface area contributed by atoms with E-state index in [1.807, 2.05) is 30.3 Å². The maximum Gasteiger partial charge on any atom is 0.292 e. The number of methoxy groups -OCH3 is 1. The standard InChI is InChI=1S/C14H15N2O3/c1-18-14-8-7-12(16(15)17)9-11(14)10-19-13-5-3-2-4-6-13/h2-9H,10H2,1H3,(H2,15,17)/q+1. The van der Waals surface area contributed by atoms with E-state index in [1.54, 1.807) is 25.3 Å². The van der Waals surface area contributed by atoms with Gasteiger partial charge in [0.25, 0.3) is 5.69 Å². The lowest BCUT2D eigenvalue weighted by Gasteiger charge is -2.09. The van der Waals surface area contributed by atoms with Gasteiger partial charge in [-0.2, -0.15) is 5.84 Å². The van der Waals surface area contributed by atoms with E-state index in [1.165, 1.54) is 0 Å². The van der Waals surface area contributed by atoms with Crippen molar-refractivity contribution in [2.75, 3.05) is 7.11 Å². The van der Waals surface area contributed by atoms with Crippen molar-refractivity contribution < 1.29 is 14.3 Å². The zero-order valence-electron chi connectivity index (χ0n) is 10.6. The van der Waals surface area contributed by atoms with Crippen LogP contribution in [0.3, 0.4) is 0 Å². The van der Waals surface area contributed by atoms with Gasteiger partial charge in [-0.15, -0.1) is 0 Å². The number of benzene rings is 2. The van der Waals surface area contributed by atoms with Crippen LogP contribution in [0, 0.1) is 4.91 Å². The molecule has 0 saturated carbocycles. The first-order valence-corrected chi connectivity index (χ1v) is 5.77. The van der Waals surface area contributed by atoms with Crippen molar-refractivity contribution in [2.45, 2.75) is 6.61 Å². The predicted molar refractivity (Wildman–Crippen MR) is 71.2 cm³/mol. The third-order valence-corrected chi connectivity index (χ3v) is 2.66. The van der Waals surface area contributed by atoms with E-state index in [4.69, 9.17) is 15.3 Å². The minimum atomic E-state index is 0.300. The van der Waals surface area contributed by atoms with Crippen LogP contribution in [0.25, 0.3) is 0 Å². The normalized spacial score (nSPS) is 9.95. The van der Waals surface area contributed by atoms with E-state index in [2.05, 4.69) is 0 Å². The maximum absolute atomic E-state index is 11.1. The molecule has 0 saturated heterocycles. The Morgan fingerprint density at radius 1 is 1.16 bits per heavy atom. The molecule has 2 aromatic carbocycles. The molecule has 0 aromatic heterocycles. The number of hydrogen-bond donors (Lipinski definition) is 1. The average Bonchev–Trinajstić information content (AvgIpc) is 2.45. The quantitative estimate of drug-likeness (QED) is 0.509. The van der Waals surface area contributed by atoms with Crippen molar-refractivity contribution in [3.63, 3.8) is 0 Å². The lowest BCUT2D eigenvalue weighted by Crippen LogP contribution is -2.09. The van der Waals surface area contributed by atoms with Gasteiger partial charge in [-0.05, 0) is 18.2 Å². The van der Waals surface area contributed by atoms with Gasteiger partial charge in [0.2, 0.25) is 0 Å². The topological polar surface area (TPSA) is 64.6 Å². The van der Waals surface area contributed by atoms with E-state index in [0.717, 1.165) is 11.3 Å². The fourth-order valence-corrected chi connectivity index (χ4v) is 1.69. The van der Waals surface area contributed by atoms with E-state index < -0.39 is 0 Å². The zero-order chi connectivity index (χ0) is 13.7. The Kier molecular flexibility index (Phi) is 3.97. The Labute approximate surface area is 111 Å². The molecule has 0 amide bonds. The summed E-state index contributed by atoms with van der Waals surface area (Å²) in [6.07, 6.45) is 0. The van der Waals surface area contributed by atoms with Gasteiger partial charge in [0, 0.05) is 17.7 Å². The fraction of sp³-hybridized carbons (Fsp3) is 0.143. The van der Waals surface area contributed by atoms with E-state index >= 15 is 0 Å². The van der Waals surface area contributed by atoms with E-state index in [0.29, 0.717) is 22.9 Å². The molecule has 0 heterocycles. The highest BCUT2D eigenvalue weighted by molar-refractivity contribution is 5.43. The minimum Gasteiger partial charge on any atom is -0.496 e. The molecular formula is C14H15N2O3+. The van der Waals surface area contributed by atoms with Crippen LogP contribution in [0.5, 0.6) is 11.5 Å². The van der Waals surface area contributed by atoms with Crippen LogP contribution in [0.1, 0.15) is 5.56 Å². The lowest BCUT2D eigenvalue weighted by molar-refractivity contribution is -0.474. The van der Waals surface area contributed by atoms with Crippen LogP contribution in [-0.2, 0) is 6.61 Å². The molecule has 0 aliphatic rings. The lowest BCUT2D eigenvalue weighted by atomic mass is 10.2. The van der Waals surface area contributed by atoms with Crippen molar-refractivity contribution in [1.29, 1.82) is 0 Å². The highest BCUT2D eigenvalue weighted by Crippen LogP contribution is 2.24. The SMILES string of the molecule is COc1ccc([N+](N)=O)cc1COc1ccccc1. The van der Waals surface area contributed by atoms with Crippen LogP contribution in [-0.4, -0.2) is 12.0 Å². The number of rotatable bonds is 5. The number of nitroso groups, excluding NO2 is 1. The van der Waals surface area contributed by atoms with Crippen molar-refractivity contribution in [3.8, 4) is 11.5 Å². The summed E-state index contributed by atoms with van der Waals surface area (Å²) < 4.78 is 10.9. The Morgan fingerprint density at radius 3 is 2.53 bits per heavy atom. The zero-order valence-corrected chi connectivity index (χ0v) is 10.6. The third kappa shape index (κ3) is 3.22.